The van der Waals surface area contributed by atoms with Crippen molar-refractivity contribution in [2.75, 3.05) is 13.2 Å². The predicted molar refractivity (Wildman–Crippen MR) is 63.1 cm³/mol. The maximum atomic E-state index is 11.9. The van der Waals surface area contributed by atoms with E-state index in [2.05, 4.69) is 15.5 Å². The highest BCUT2D eigenvalue weighted by atomic mass is 35.7. The van der Waals surface area contributed by atoms with Crippen LogP contribution in [-0.2, 0) is 13.8 Å². The Hall–Kier alpha value is -1.12. The Kier molecular flexibility index (Phi) is 3.60. The molecule has 1 saturated heterocycles. The molecule has 9 heteroatoms. The first-order chi connectivity index (χ1) is 8.39. The second-order valence-corrected chi connectivity index (χ2v) is 6.50. The minimum absolute atomic E-state index is 0.125. The van der Waals surface area contributed by atoms with Crippen molar-refractivity contribution >= 4 is 25.6 Å². The van der Waals surface area contributed by atoms with E-state index in [1.54, 1.807) is 0 Å². The summed E-state index contributed by atoms with van der Waals surface area (Å²) in [7, 11) is 1.27. The van der Waals surface area contributed by atoms with Crippen molar-refractivity contribution in [3.8, 4) is 0 Å². The summed E-state index contributed by atoms with van der Waals surface area (Å²) in [6.07, 6.45) is 0.693. The maximum absolute atomic E-state index is 11.9. The molecular weight excluding hydrogens is 282 g/mol. The summed E-state index contributed by atoms with van der Waals surface area (Å²) in [5.41, 5.74) is 0.0206. The highest BCUT2D eigenvalue weighted by Crippen LogP contribution is 2.22. The van der Waals surface area contributed by atoms with Gasteiger partial charge in [-0.1, -0.05) is 0 Å². The number of hydrogen-bond donors (Lipinski definition) is 2. The summed E-state index contributed by atoms with van der Waals surface area (Å²) < 4.78 is 27.9. The summed E-state index contributed by atoms with van der Waals surface area (Å²) in [6, 6.07) is -0.125. The molecule has 1 fully saturated rings. The largest absolute Gasteiger partial charge is 0.379 e. The van der Waals surface area contributed by atoms with Crippen LogP contribution < -0.4 is 5.32 Å². The van der Waals surface area contributed by atoms with Gasteiger partial charge in [-0.25, -0.2) is 8.42 Å². The van der Waals surface area contributed by atoms with Crippen LogP contribution in [0, 0.1) is 6.92 Å². The minimum Gasteiger partial charge on any atom is -0.379 e. The van der Waals surface area contributed by atoms with Gasteiger partial charge in [0.1, 0.15) is 4.90 Å². The summed E-state index contributed by atoms with van der Waals surface area (Å²) >= 11 is 0. The third kappa shape index (κ3) is 2.65. The first-order valence-corrected chi connectivity index (χ1v) is 7.58. The van der Waals surface area contributed by atoms with E-state index in [0.29, 0.717) is 19.6 Å². The predicted octanol–water partition coefficient (Wildman–Crippen LogP) is 0.164. The molecule has 1 aromatic rings. The molecular formula is C9H12ClN3O4S. The molecule has 2 heterocycles. The van der Waals surface area contributed by atoms with E-state index in [-0.39, 0.29) is 22.3 Å². The minimum atomic E-state index is -4.01. The average molecular weight is 294 g/mol. The van der Waals surface area contributed by atoms with Crippen molar-refractivity contribution in [2.45, 2.75) is 24.3 Å². The van der Waals surface area contributed by atoms with Crippen LogP contribution >= 0.6 is 10.7 Å². The normalized spacial score (nSPS) is 20.0. The second kappa shape index (κ2) is 4.87. The Labute approximate surface area is 108 Å². The lowest BCUT2D eigenvalue weighted by atomic mass is 10.2. The van der Waals surface area contributed by atoms with Crippen molar-refractivity contribution in [1.82, 2.24) is 15.5 Å². The van der Waals surface area contributed by atoms with Crippen LogP contribution in [0.15, 0.2) is 4.90 Å². The molecule has 0 aliphatic carbocycles. The van der Waals surface area contributed by atoms with Gasteiger partial charge in [-0.2, -0.15) is 5.10 Å². The van der Waals surface area contributed by atoms with Crippen LogP contribution in [0.3, 0.4) is 0 Å². The molecule has 1 aliphatic rings. The van der Waals surface area contributed by atoms with Crippen LogP contribution in [0.4, 0.5) is 0 Å². The molecule has 1 atom stereocenters. The Morgan fingerprint density at radius 2 is 2.33 bits per heavy atom. The molecule has 0 saturated carbocycles. The van der Waals surface area contributed by atoms with Crippen LogP contribution in [-0.4, -0.2) is 43.8 Å². The van der Waals surface area contributed by atoms with Gasteiger partial charge < -0.3 is 10.1 Å². The third-order valence-electron chi connectivity index (χ3n) is 2.61. The number of ether oxygens (including phenoxy) is 1. The zero-order valence-electron chi connectivity index (χ0n) is 9.57. The monoisotopic (exact) mass is 293 g/mol. The number of aromatic amines is 1. The second-order valence-electron chi connectivity index (χ2n) is 4.00. The van der Waals surface area contributed by atoms with Gasteiger partial charge in [-0.3, -0.25) is 9.89 Å². The van der Waals surface area contributed by atoms with E-state index < -0.39 is 15.0 Å². The Bertz CT molecular complexity index is 562. The fraction of sp³-hybridized carbons (Fsp3) is 0.556. The molecule has 100 valence electrons. The average Bonchev–Trinajstić information content (AvgIpc) is 2.85. The molecule has 2 rings (SSSR count). The lowest BCUT2D eigenvalue weighted by Gasteiger charge is -2.09. The fourth-order valence-electron chi connectivity index (χ4n) is 1.77. The van der Waals surface area contributed by atoms with Crippen LogP contribution in [0.25, 0.3) is 0 Å². The van der Waals surface area contributed by atoms with E-state index in [4.69, 9.17) is 15.4 Å². The number of amides is 1. The van der Waals surface area contributed by atoms with Gasteiger partial charge in [0, 0.05) is 17.3 Å². The van der Waals surface area contributed by atoms with Crippen LogP contribution in [0.2, 0.25) is 0 Å². The SMILES string of the molecule is Cc1[nH]nc(C(=O)NC2CCOC2)c1S(=O)(=O)Cl. The van der Waals surface area contributed by atoms with Crippen LogP contribution in [0.1, 0.15) is 22.6 Å². The lowest BCUT2D eigenvalue weighted by Crippen LogP contribution is -2.35. The number of carbonyl (C=O) groups is 1. The molecule has 7 nitrogen and oxygen atoms in total. The number of carbonyl (C=O) groups excluding carboxylic acids is 1. The summed E-state index contributed by atoms with van der Waals surface area (Å²) in [5.74, 6) is -0.575. The molecule has 0 bridgehead atoms. The standard InChI is InChI=1S/C9H12ClN3O4S/c1-5-8(18(10,15)16)7(13-12-5)9(14)11-6-2-3-17-4-6/h6H,2-4H2,1H3,(H,11,14)(H,12,13). The fourth-order valence-corrected chi connectivity index (χ4v) is 3.12. The maximum Gasteiger partial charge on any atom is 0.273 e. The van der Waals surface area contributed by atoms with E-state index in [0.717, 1.165) is 0 Å². The topological polar surface area (TPSA) is 101 Å². The number of nitrogens with one attached hydrogen (secondary N) is 2. The molecule has 1 aromatic heterocycles. The van der Waals surface area contributed by atoms with Crippen molar-refractivity contribution in [1.29, 1.82) is 0 Å². The van der Waals surface area contributed by atoms with E-state index >= 15 is 0 Å². The van der Waals surface area contributed by atoms with Gasteiger partial charge in [0.25, 0.3) is 15.0 Å². The number of halogens is 1. The van der Waals surface area contributed by atoms with E-state index in [9.17, 15) is 13.2 Å². The highest BCUT2D eigenvalue weighted by molar-refractivity contribution is 8.13. The molecule has 1 amide bonds. The van der Waals surface area contributed by atoms with Gasteiger partial charge in [0.15, 0.2) is 5.69 Å². The summed E-state index contributed by atoms with van der Waals surface area (Å²) in [4.78, 5) is 11.6. The number of nitrogens with zero attached hydrogens (tertiary/aromatic N) is 1. The van der Waals surface area contributed by atoms with Gasteiger partial charge >= 0.3 is 0 Å². The highest BCUT2D eigenvalue weighted by Gasteiger charge is 2.28. The van der Waals surface area contributed by atoms with Crippen LogP contribution in [0.5, 0.6) is 0 Å². The van der Waals surface area contributed by atoms with Gasteiger partial charge in [0.2, 0.25) is 0 Å². The van der Waals surface area contributed by atoms with E-state index in [1.165, 1.54) is 6.92 Å². The molecule has 0 aromatic carbocycles. The molecule has 1 unspecified atom stereocenters. The Morgan fingerprint density at radius 1 is 1.61 bits per heavy atom. The first-order valence-electron chi connectivity index (χ1n) is 5.28. The molecule has 18 heavy (non-hydrogen) atoms. The Morgan fingerprint density at radius 3 is 2.89 bits per heavy atom. The van der Waals surface area contributed by atoms with Gasteiger partial charge in [0.05, 0.1) is 18.3 Å². The zero-order valence-corrected chi connectivity index (χ0v) is 11.1. The zero-order chi connectivity index (χ0) is 13.3. The quantitative estimate of drug-likeness (QED) is 0.773. The Balaban J connectivity index is 2.25. The van der Waals surface area contributed by atoms with Crippen molar-refractivity contribution in [2.24, 2.45) is 0 Å². The number of hydrogen-bond acceptors (Lipinski definition) is 5. The third-order valence-corrected chi connectivity index (χ3v) is 4.06. The summed E-state index contributed by atoms with van der Waals surface area (Å²) in [5, 5.41) is 8.78. The number of aromatic nitrogens is 2. The molecule has 0 radical (unpaired) electrons. The van der Waals surface area contributed by atoms with Gasteiger partial charge in [-0.05, 0) is 13.3 Å². The van der Waals surface area contributed by atoms with Crippen molar-refractivity contribution < 1.29 is 17.9 Å². The first kappa shape index (κ1) is 13.3. The van der Waals surface area contributed by atoms with Crippen molar-refractivity contribution in [3.05, 3.63) is 11.4 Å². The smallest absolute Gasteiger partial charge is 0.273 e. The number of rotatable bonds is 3. The summed E-state index contributed by atoms with van der Waals surface area (Å²) in [6.45, 7) is 2.47. The van der Waals surface area contributed by atoms with E-state index in [1.807, 2.05) is 0 Å². The van der Waals surface area contributed by atoms with Gasteiger partial charge in [-0.15, -0.1) is 0 Å². The molecule has 2 N–H and O–H groups in total. The lowest BCUT2D eigenvalue weighted by molar-refractivity contribution is 0.0921. The van der Waals surface area contributed by atoms with Crippen molar-refractivity contribution in [3.63, 3.8) is 0 Å². The molecule has 1 aliphatic heterocycles. The number of H-pyrrole nitrogens is 1. The number of aryl methyl sites for hydroxylation is 1. The molecule has 0 spiro atoms.